The summed E-state index contributed by atoms with van der Waals surface area (Å²) in [4.78, 5) is 47.4. The van der Waals surface area contributed by atoms with Gasteiger partial charge in [-0.2, -0.15) is 0 Å². The third-order valence-corrected chi connectivity index (χ3v) is 7.46. The first-order valence-corrected chi connectivity index (χ1v) is 18.9. The molecule has 0 aromatic rings. The molecule has 58 heavy (non-hydrogen) atoms. The maximum Gasteiger partial charge on any atom is 0.510 e. The Hall–Kier alpha value is -3.28. The molecule has 0 aliphatic heterocycles. The van der Waals surface area contributed by atoms with Gasteiger partial charge in [0.15, 0.2) is 20.4 Å². The molecule has 342 valence electrons. The highest BCUT2D eigenvalue weighted by Crippen LogP contribution is 2.18. The van der Waals surface area contributed by atoms with Crippen LogP contribution in [0.25, 0.3) is 0 Å². The Morgan fingerprint density at radius 1 is 0.362 bits per heavy atom. The van der Waals surface area contributed by atoms with Gasteiger partial charge in [0.05, 0.1) is 81.9 Å². The van der Waals surface area contributed by atoms with Crippen molar-refractivity contribution in [3.05, 3.63) is 0 Å². The second kappa shape index (κ2) is 31.6. The van der Waals surface area contributed by atoms with Crippen LogP contribution in [-0.2, 0) is 75.8 Å². The highest BCUT2D eigenvalue weighted by atomic mass is 16.8. The van der Waals surface area contributed by atoms with E-state index in [0.717, 1.165) is 0 Å². The Kier molecular flexibility index (Phi) is 29.8. The summed E-state index contributed by atoms with van der Waals surface area (Å²) in [6.45, 7) is 14.3. The highest BCUT2D eigenvalue weighted by Gasteiger charge is 2.23. The fraction of sp³-hybridized carbons (Fsp3) is 0.892. The molecule has 0 saturated carbocycles. The molecule has 0 fully saturated rings. The lowest BCUT2D eigenvalue weighted by Gasteiger charge is -2.26. The van der Waals surface area contributed by atoms with E-state index in [1.54, 1.807) is 41.5 Å². The van der Waals surface area contributed by atoms with Crippen molar-refractivity contribution < 1.29 is 100 Å². The highest BCUT2D eigenvalue weighted by molar-refractivity contribution is 5.60. The maximum atomic E-state index is 12.0. The molecular weight excluding hydrogens is 780 g/mol. The summed E-state index contributed by atoms with van der Waals surface area (Å²) in [5, 5.41) is 8.86. The third kappa shape index (κ3) is 34.7. The molecule has 1 N–H and O–H groups in total. The van der Waals surface area contributed by atoms with Gasteiger partial charge in [-0.15, -0.1) is 0 Å². The Labute approximate surface area is 341 Å². The second-order valence-electron chi connectivity index (χ2n) is 14.6. The molecule has 0 aromatic heterocycles. The number of carbonyl (C=O) groups excluding carboxylic acids is 4. The van der Waals surface area contributed by atoms with Crippen LogP contribution in [0.5, 0.6) is 0 Å². The summed E-state index contributed by atoms with van der Waals surface area (Å²) in [7, 11) is 1.48. The lowest BCUT2D eigenvalue weighted by Crippen LogP contribution is -2.30. The van der Waals surface area contributed by atoms with Crippen LogP contribution < -0.4 is 0 Å². The van der Waals surface area contributed by atoms with Crippen molar-refractivity contribution in [3.8, 4) is 0 Å². The van der Waals surface area contributed by atoms with E-state index in [-0.39, 0.29) is 106 Å². The van der Waals surface area contributed by atoms with Crippen molar-refractivity contribution in [1.82, 2.24) is 0 Å². The van der Waals surface area contributed by atoms with Gasteiger partial charge < -0.3 is 80.9 Å². The van der Waals surface area contributed by atoms with Gasteiger partial charge in [-0.1, -0.05) is 0 Å². The Balaban J connectivity index is 3.94. The van der Waals surface area contributed by atoms with Crippen LogP contribution in [0, 0.1) is 0 Å². The number of rotatable bonds is 35. The minimum atomic E-state index is -0.915. The quantitative estimate of drug-likeness (QED) is 0.0388. The van der Waals surface area contributed by atoms with Crippen molar-refractivity contribution >= 4 is 24.6 Å². The van der Waals surface area contributed by atoms with E-state index in [1.807, 2.05) is 13.8 Å². The van der Waals surface area contributed by atoms with Gasteiger partial charge in [-0.25, -0.2) is 19.2 Å². The number of hydrogen-bond donors (Lipinski definition) is 1. The molecule has 0 amide bonds. The number of hydrogen-bond acceptors (Lipinski definition) is 21. The fourth-order valence-electron chi connectivity index (χ4n) is 4.02. The van der Waals surface area contributed by atoms with Crippen molar-refractivity contribution in [2.24, 2.45) is 0 Å². The van der Waals surface area contributed by atoms with E-state index < -0.39 is 47.0 Å². The summed E-state index contributed by atoms with van der Waals surface area (Å²) in [5.74, 6) is 0. The van der Waals surface area contributed by atoms with Crippen molar-refractivity contribution in [2.45, 2.75) is 103 Å². The molecule has 0 atom stereocenters. The number of aliphatic hydroxyl groups excluding tert-OH is 1. The molecule has 0 spiro atoms. The lowest BCUT2D eigenvalue weighted by molar-refractivity contribution is -0.183. The van der Waals surface area contributed by atoms with E-state index in [0.29, 0.717) is 25.7 Å². The normalized spacial score (nSPS) is 12.1. The lowest BCUT2D eigenvalue weighted by atomic mass is 10.1. The Morgan fingerprint density at radius 2 is 0.638 bits per heavy atom. The first kappa shape index (κ1) is 54.7. The van der Waals surface area contributed by atoms with E-state index in [4.69, 9.17) is 76.2 Å². The van der Waals surface area contributed by atoms with E-state index >= 15 is 0 Å². The van der Waals surface area contributed by atoms with Gasteiger partial charge in [0.2, 0.25) is 0 Å². The zero-order valence-electron chi connectivity index (χ0n) is 35.8. The van der Waals surface area contributed by atoms with Gasteiger partial charge in [-0.05, 0) is 55.4 Å². The predicted molar refractivity (Wildman–Crippen MR) is 200 cm³/mol. The molecule has 21 nitrogen and oxygen atoms in total. The second-order valence-corrected chi connectivity index (χ2v) is 14.6. The number of aliphatic hydroxyl groups is 1. The van der Waals surface area contributed by atoms with Gasteiger partial charge in [0.25, 0.3) is 0 Å². The topological polar surface area (TPSA) is 236 Å². The van der Waals surface area contributed by atoms with Gasteiger partial charge in [0, 0.05) is 32.8 Å². The number of ether oxygens (including phenoxy) is 16. The summed E-state index contributed by atoms with van der Waals surface area (Å²) in [6, 6.07) is 0. The Morgan fingerprint density at radius 3 is 0.966 bits per heavy atom. The third-order valence-electron chi connectivity index (χ3n) is 7.46. The smallest absolute Gasteiger partial charge is 0.434 e. The van der Waals surface area contributed by atoms with Crippen molar-refractivity contribution in [3.63, 3.8) is 0 Å². The summed E-state index contributed by atoms with van der Waals surface area (Å²) in [5.41, 5.74) is -2.63. The van der Waals surface area contributed by atoms with Crippen LogP contribution in [-0.4, -0.2) is 166 Å². The molecule has 0 bridgehead atoms. The first-order chi connectivity index (χ1) is 27.3. The van der Waals surface area contributed by atoms with E-state index in [2.05, 4.69) is 4.74 Å². The van der Waals surface area contributed by atoms with E-state index in [1.165, 1.54) is 7.11 Å². The molecular formula is C37H68O21. The molecule has 0 aliphatic rings. The Bertz CT molecular complexity index is 1100. The van der Waals surface area contributed by atoms with Crippen molar-refractivity contribution in [2.75, 3.05) is 114 Å². The van der Waals surface area contributed by atoms with Crippen LogP contribution in [0.3, 0.4) is 0 Å². The molecule has 21 heteroatoms. The molecule has 0 aliphatic carbocycles. The minimum absolute atomic E-state index is 0.0184. The van der Waals surface area contributed by atoms with Crippen LogP contribution in [0.15, 0.2) is 0 Å². The fourth-order valence-corrected chi connectivity index (χ4v) is 4.02. The molecule has 0 unspecified atom stereocenters. The molecule has 0 saturated heterocycles. The van der Waals surface area contributed by atoms with Gasteiger partial charge in [-0.3, -0.25) is 0 Å². The molecule has 0 heterocycles. The van der Waals surface area contributed by atoms with Crippen LogP contribution in [0.1, 0.15) is 81.1 Å². The zero-order chi connectivity index (χ0) is 43.8. The molecule has 0 radical (unpaired) electrons. The van der Waals surface area contributed by atoms with Crippen LogP contribution in [0.4, 0.5) is 19.2 Å². The summed E-state index contributed by atoms with van der Waals surface area (Å²) >= 11 is 0. The molecule has 0 rings (SSSR count). The summed E-state index contributed by atoms with van der Waals surface area (Å²) in [6.07, 6.45) is -2.02. The van der Waals surface area contributed by atoms with Gasteiger partial charge in [0.1, 0.15) is 26.6 Å². The van der Waals surface area contributed by atoms with Crippen LogP contribution in [0.2, 0.25) is 0 Å². The monoisotopic (exact) mass is 848 g/mol. The number of carbonyl (C=O) groups is 4. The number of methoxy groups -OCH3 is 1. The van der Waals surface area contributed by atoms with Gasteiger partial charge >= 0.3 is 24.6 Å². The average Bonchev–Trinajstić information content (AvgIpc) is 3.13. The van der Waals surface area contributed by atoms with Crippen molar-refractivity contribution in [1.29, 1.82) is 0 Å². The maximum absolute atomic E-state index is 12.0. The summed E-state index contributed by atoms with van der Waals surface area (Å²) < 4.78 is 82.2. The molecule has 0 aromatic carbocycles. The predicted octanol–water partition coefficient (Wildman–Crippen LogP) is 4.86. The average molecular weight is 849 g/mol. The SMILES string of the molecule is COCOCOCOCOC(=O)OCCC(C)(C)OCCOC(=O)OCCC(C)(C)OCCOC(=O)OCCC(C)(C)OCCOC(=O)OCCC(C)(C)OCCO. The van der Waals surface area contributed by atoms with E-state index in [9.17, 15) is 19.2 Å². The first-order valence-electron chi connectivity index (χ1n) is 18.9. The zero-order valence-corrected chi connectivity index (χ0v) is 35.8. The standard InChI is InChI=1S/C37H68O21/c1-34(2,55-19-14-38)10-15-47-30(39)51-20-23-56-35(3,4)11-16-48-31(40)52-21-24-57-36(5,6)12-17-49-32(41)53-22-25-58-37(7,8)13-18-50-33(42)54-29-46-28-45-27-44-26-43-9/h38H,10-29H2,1-9H3. The minimum Gasteiger partial charge on any atom is -0.434 e. The van der Waals surface area contributed by atoms with Crippen LogP contribution >= 0.6 is 0 Å². The largest absolute Gasteiger partial charge is 0.510 e.